The topological polar surface area (TPSA) is 12.0 Å². The van der Waals surface area contributed by atoms with Gasteiger partial charge < -0.3 is 5.32 Å². The fraction of sp³-hybridized carbons (Fsp3) is 0.667. The summed E-state index contributed by atoms with van der Waals surface area (Å²) >= 11 is 0. The van der Waals surface area contributed by atoms with Crippen LogP contribution in [0.3, 0.4) is 0 Å². The van der Waals surface area contributed by atoms with E-state index in [1.807, 2.05) is 6.08 Å². The molecule has 1 N–H and O–H groups in total. The van der Waals surface area contributed by atoms with Gasteiger partial charge in [-0.1, -0.05) is 38.0 Å². The van der Waals surface area contributed by atoms with E-state index in [1.165, 1.54) is 19.3 Å². The van der Waals surface area contributed by atoms with Gasteiger partial charge in [0.2, 0.25) is 0 Å². The first-order valence-electron chi connectivity index (χ1n) is 5.31. The van der Waals surface area contributed by atoms with Gasteiger partial charge in [-0.2, -0.15) is 0 Å². The molecule has 0 spiro atoms. The van der Waals surface area contributed by atoms with Crippen LogP contribution in [-0.4, -0.2) is 13.1 Å². The van der Waals surface area contributed by atoms with E-state index in [1.54, 1.807) is 11.1 Å². The van der Waals surface area contributed by atoms with Crippen LogP contribution < -0.4 is 5.32 Å². The average Bonchev–Trinajstić information content (AvgIpc) is 2.17. The minimum atomic E-state index is 0.907. The van der Waals surface area contributed by atoms with Crippen LogP contribution in [0.15, 0.2) is 23.8 Å². The van der Waals surface area contributed by atoms with Gasteiger partial charge >= 0.3 is 0 Å². The van der Waals surface area contributed by atoms with Crippen molar-refractivity contribution in [3.05, 3.63) is 23.8 Å². The molecule has 76 valence electrons. The molecule has 0 aromatic heterocycles. The lowest BCUT2D eigenvalue weighted by atomic mass is 10.0. The highest BCUT2D eigenvalue weighted by Crippen LogP contribution is 2.14. The van der Waals surface area contributed by atoms with E-state index in [0.29, 0.717) is 0 Å². The lowest BCUT2D eigenvalue weighted by Gasteiger charge is -2.11. The molecule has 13 heavy (non-hydrogen) atoms. The third kappa shape index (κ3) is 4.89. The van der Waals surface area contributed by atoms with E-state index in [0.717, 1.165) is 13.1 Å². The molecule has 0 unspecified atom stereocenters. The molecular weight excluding hydrogens is 158 g/mol. The minimum absolute atomic E-state index is 0.907. The summed E-state index contributed by atoms with van der Waals surface area (Å²) in [6.07, 6.45) is 5.46. The normalized spacial score (nSPS) is 9.77. The Kier molecular flexibility index (Phi) is 7.71. The second-order valence-corrected chi connectivity index (χ2v) is 3.19. The van der Waals surface area contributed by atoms with Crippen molar-refractivity contribution in [2.75, 3.05) is 13.1 Å². The lowest BCUT2D eigenvalue weighted by molar-refractivity contribution is 0.765. The van der Waals surface area contributed by atoms with Gasteiger partial charge in [0.05, 0.1) is 0 Å². The standard InChI is InChI=1S/C12H23N/c1-5-9-13-10-12(8-4)11(6-2)7-3/h5,13H,1,6-10H2,2-4H3. The summed E-state index contributed by atoms with van der Waals surface area (Å²) in [6, 6.07) is 0. The fourth-order valence-electron chi connectivity index (χ4n) is 1.58. The number of rotatable bonds is 7. The Morgan fingerprint density at radius 3 is 2.00 bits per heavy atom. The largest absolute Gasteiger partial charge is 0.310 e. The smallest absolute Gasteiger partial charge is 0.0170 e. The molecule has 0 aromatic carbocycles. The first-order chi connectivity index (χ1) is 6.29. The van der Waals surface area contributed by atoms with Crippen molar-refractivity contribution in [2.45, 2.75) is 40.0 Å². The summed E-state index contributed by atoms with van der Waals surface area (Å²) in [6.45, 7) is 12.3. The molecule has 0 fully saturated rings. The van der Waals surface area contributed by atoms with Crippen LogP contribution in [0.1, 0.15) is 40.0 Å². The van der Waals surface area contributed by atoms with Crippen LogP contribution in [0, 0.1) is 0 Å². The van der Waals surface area contributed by atoms with Crippen molar-refractivity contribution in [3.8, 4) is 0 Å². The molecule has 1 nitrogen and oxygen atoms in total. The molecule has 0 saturated carbocycles. The van der Waals surface area contributed by atoms with Crippen LogP contribution in [0.5, 0.6) is 0 Å². The summed E-state index contributed by atoms with van der Waals surface area (Å²) in [5.41, 5.74) is 3.19. The molecule has 0 aromatic rings. The van der Waals surface area contributed by atoms with E-state index in [2.05, 4.69) is 32.7 Å². The lowest BCUT2D eigenvalue weighted by Crippen LogP contribution is -2.17. The van der Waals surface area contributed by atoms with E-state index < -0.39 is 0 Å². The van der Waals surface area contributed by atoms with E-state index >= 15 is 0 Å². The van der Waals surface area contributed by atoms with E-state index in [-0.39, 0.29) is 0 Å². The van der Waals surface area contributed by atoms with Crippen molar-refractivity contribution in [3.63, 3.8) is 0 Å². The number of nitrogens with one attached hydrogen (secondary N) is 1. The van der Waals surface area contributed by atoms with Crippen LogP contribution in [0.4, 0.5) is 0 Å². The van der Waals surface area contributed by atoms with Crippen molar-refractivity contribution < 1.29 is 0 Å². The van der Waals surface area contributed by atoms with Crippen LogP contribution >= 0.6 is 0 Å². The van der Waals surface area contributed by atoms with Gasteiger partial charge in [-0.15, -0.1) is 6.58 Å². The zero-order valence-electron chi connectivity index (χ0n) is 9.32. The summed E-state index contributed by atoms with van der Waals surface area (Å²) in [5.74, 6) is 0. The summed E-state index contributed by atoms with van der Waals surface area (Å²) in [5, 5.41) is 3.36. The zero-order valence-corrected chi connectivity index (χ0v) is 9.32. The fourth-order valence-corrected chi connectivity index (χ4v) is 1.58. The van der Waals surface area contributed by atoms with Gasteiger partial charge in [-0.05, 0) is 19.3 Å². The summed E-state index contributed by atoms with van der Waals surface area (Å²) in [4.78, 5) is 0. The second kappa shape index (κ2) is 8.06. The maximum Gasteiger partial charge on any atom is 0.0170 e. The number of allylic oxidation sites excluding steroid dienone is 1. The molecule has 1 heteroatoms. The van der Waals surface area contributed by atoms with Gasteiger partial charge in [0.1, 0.15) is 0 Å². The number of hydrogen-bond donors (Lipinski definition) is 1. The van der Waals surface area contributed by atoms with Crippen LogP contribution in [-0.2, 0) is 0 Å². The van der Waals surface area contributed by atoms with Crippen LogP contribution in [0.2, 0.25) is 0 Å². The maximum atomic E-state index is 3.69. The Labute approximate surface area is 82.9 Å². The highest BCUT2D eigenvalue weighted by Gasteiger charge is 2.00. The Morgan fingerprint density at radius 1 is 1.08 bits per heavy atom. The molecule has 0 rings (SSSR count). The molecule has 0 bridgehead atoms. The molecule has 0 atom stereocenters. The molecule has 0 heterocycles. The molecular formula is C12H23N. The molecule has 0 aliphatic rings. The van der Waals surface area contributed by atoms with Gasteiger partial charge in [0.25, 0.3) is 0 Å². The van der Waals surface area contributed by atoms with Crippen molar-refractivity contribution in [2.24, 2.45) is 0 Å². The van der Waals surface area contributed by atoms with Crippen molar-refractivity contribution in [1.82, 2.24) is 5.32 Å². The molecule has 0 aliphatic carbocycles. The van der Waals surface area contributed by atoms with Gasteiger partial charge in [-0.25, -0.2) is 0 Å². The third-order valence-corrected chi connectivity index (χ3v) is 2.41. The number of hydrogen-bond acceptors (Lipinski definition) is 1. The highest BCUT2D eigenvalue weighted by atomic mass is 14.8. The molecule has 0 saturated heterocycles. The Hall–Kier alpha value is -0.560. The predicted octanol–water partition coefficient (Wildman–Crippen LogP) is 3.29. The predicted molar refractivity (Wildman–Crippen MR) is 61.0 cm³/mol. The zero-order chi connectivity index (χ0) is 10.1. The van der Waals surface area contributed by atoms with E-state index in [9.17, 15) is 0 Å². The third-order valence-electron chi connectivity index (χ3n) is 2.41. The van der Waals surface area contributed by atoms with Gasteiger partial charge in [0.15, 0.2) is 0 Å². The van der Waals surface area contributed by atoms with Gasteiger partial charge in [0, 0.05) is 13.1 Å². The molecule has 0 aliphatic heterocycles. The molecule has 0 amide bonds. The second-order valence-electron chi connectivity index (χ2n) is 3.19. The Balaban J connectivity index is 4.11. The first kappa shape index (κ1) is 12.4. The summed E-state index contributed by atoms with van der Waals surface area (Å²) in [7, 11) is 0. The van der Waals surface area contributed by atoms with Crippen LogP contribution in [0.25, 0.3) is 0 Å². The minimum Gasteiger partial charge on any atom is -0.310 e. The van der Waals surface area contributed by atoms with Crippen molar-refractivity contribution in [1.29, 1.82) is 0 Å². The quantitative estimate of drug-likeness (QED) is 0.469. The first-order valence-corrected chi connectivity index (χ1v) is 5.31. The average molecular weight is 181 g/mol. The van der Waals surface area contributed by atoms with Crippen molar-refractivity contribution >= 4 is 0 Å². The maximum absolute atomic E-state index is 3.69. The van der Waals surface area contributed by atoms with E-state index in [4.69, 9.17) is 0 Å². The highest BCUT2D eigenvalue weighted by molar-refractivity contribution is 5.14. The SMILES string of the molecule is C=CCNCC(CC)=C(CC)CC. The van der Waals surface area contributed by atoms with Gasteiger partial charge in [-0.3, -0.25) is 0 Å². The molecule has 0 radical (unpaired) electrons. The Bertz CT molecular complexity index is 162. The monoisotopic (exact) mass is 181 g/mol. The Morgan fingerprint density at radius 2 is 1.62 bits per heavy atom. The summed E-state index contributed by atoms with van der Waals surface area (Å²) < 4.78 is 0.